The summed E-state index contributed by atoms with van der Waals surface area (Å²) < 4.78 is 23.2. The predicted molar refractivity (Wildman–Crippen MR) is 55.1 cm³/mol. The van der Waals surface area contributed by atoms with Crippen molar-refractivity contribution in [3.05, 3.63) is 33.6 Å². The van der Waals surface area contributed by atoms with Gasteiger partial charge in [-0.2, -0.15) is 0 Å². The summed E-state index contributed by atoms with van der Waals surface area (Å²) in [6.07, 6.45) is 0.0666. The molecule has 0 aliphatic heterocycles. The molecule has 1 aromatic rings. The predicted octanol–water partition coefficient (Wildman–Crippen LogP) is 1.66. The van der Waals surface area contributed by atoms with E-state index in [9.17, 15) is 14.5 Å². The van der Waals surface area contributed by atoms with Gasteiger partial charge in [-0.1, -0.05) is 0 Å². The summed E-state index contributed by atoms with van der Waals surface area (Å²) in [5.74, 6) is -0.164. The summed E-state index contributed by atoms with van der Waals surface area (Å²) in [5, 5.41) is 10.3. The van der Waals surface area contributed by atoms with Crippen LogP contribution < -0.4 is 9.47 Å². The molecule has 1 rings (SSSR count). The summed E-state index contributed by atoms with van der Waals surface area (Å²) in [6, 6.07) is 2.63. The Morgan fingerprint density at radius 3 is 2.56 bits per heavy atom. The van der Waals surface area contributed by atoms with Gasteiger partial charge in [0.2, 0.25) is 6.54 Å². The molecule has 0 fully saturated rings. The fourth-order valence-electron chi connectivity index (χ4n) is 1.43. The SMILES string of the molecule is COc1ccc(F)c(OC)c1CC[N+](=O)[O-]. The minimum absolute atomic E-state index is 0.00111. The van der Waals surface area contributed by atoms with Crippen molar-refractivity contribution < 1.29 is 18.8 Å². The summed E-state index contributed by atoms with van der Waals surface area (Å²) in [4.78, 5) is 9.82. The van der Waals surface area contributed by atoms with Gasteiger partial charge in [0.15, 0.2) is 11.6 Å². The summed E-state index contributed by atoms with van der Waals surface area (Å²) in [7, 11) is 2.73. The van der Waals surface area contributed by atoms with Gasteiger partial charge >= 0.3 is 0 Å². The van der Waals surface area contributed by atoms with Crippen molar-refractivity contribution >= 4 is 0 Å². The van der Waals surface area contributed by atoms with Crippen LogP contribution in [0.5, 0.6) is 11.5 Å². The standard InChI is InChI=1S/C10H12FNO4/c1-15-9-4-3-8(11)10(16-2)7(9)5-6-12(13)14/h3-4H,5-6H2,1-2H3. The van der Waals surface area contributed by atoms with E-state index < -0.39 is 10.7 Å². The zero-order chi connectivity index (χ0) is 12.1. The average molecular weight is 229 g/mol. The van der Waals surface area contributed by atoms with E-state index in [4.69, 9.17) is 9.47 Å². The molecule has 0 aliphatic carbocycles. The molecule has 0 atom stereocenters. The van der Waals surface area contributed by atoms with Crippen molar-refractivity contribution in [3.8, 4) is 11.5 Å². The van der Waals surface area contributed by atoms with E-state index in [1.54, 1.807) is 0 Å². The minimum atomic E-state index is -0.554. The van der Waals surface area contributed by atoms with Gasteiger partial charge in [0.25, 0.3) is 0 Å². The molecule has 6 heteroatoms. The number of hydrogen-bond acceptors (Lipinski definition) is 4. The van der Waals surface area contributed by atoms with Crippen LogP contribution in [-0.4, -0.2) is 25.7 Å². The lowest BCUT2D eigenvalue weighted by Crippen LogP contribution is -2.07. The van der Waals surface area contributed by atoms with Gasteiger partial charge in [0.05, 0.1) is 14.2 Å². The lowest BCUT2D eigenvalue weighted by molar-refractivity contribution is -0.479. The smallest absolute Gasteiger partial charge is 0.208 e. The molecule has 0 unspecified atom stereocenters. The quantitative estimate of drug-likeness (QED) is 0.569. The third-order valence-corrected chi connectivity index (χ3v) is 2.14. The summed E-state index contributed by atoms with van der Waals surface area (Å²) in [6.45, 7) is -0.295. The number of ether oxygens (including phenoxy) is 2. The number of halogens is 1. The molecule has 0 aromatic heterocycles. The van der Waals surface area contributed by atoms with Gasteiger partial charge in [0.1, 0.15) is 5.75 Å². The van der Waals surface area contributed by atoms with Gasteiger partial charge in [-0.3, -0.25) is 10.1 Å². The first-order chi connectivity index (χ1) is 7.60. The molecular weight excluding hydrogens is 217 g/mol. The maximum absolute atomic E-state index is 13.3. The van der Waals surface area contributed by atoms with Crippen LogP contribution in [0.4, 0.5) is 4.39 Å². The van der Waals surface area contributed by atoms with Crippen LogP contribution in [0.15, 0.2) is 12.1 Å². The van der Waals surface area contributed by atoms with Gasteiger partial charge in [-0.05, 0) is 12.1 Å². The zero-order valence-corrected chi connectivity index (χ0v) is 9.03. The molecule has 5 nitrogen and oxygen atoms in total. The number of rotatable bonds is 5. The largest absolute Gasteiger partial charge is 0.496 e. The maximum atomic E-state index is 13.3. The Labute approximate surface area is 91.9 Å². The maximum Gasteiger partial charge on any atom is 0.208 e. The van der Waals surface area contributed by atoms with Crippen molar-refractivity contribution in [3.63, 3.8) is 0 Å². The first-order valence-corrected chi connectivity index (χ1v) is 4.61. The Balaban J connectivity index is 3.09. The fourth-order valence-corrected chi connectivity index (χ4v) is 1.43. The van der Waals surface area contributed by atoms with Crippen LogP contribution in [0.1, 0.15) is 5.56 Å². The van der Waals surface area contributed by atoms with Gasteiger partial charge in [0, 0.05) is 16.9 Å². The third-order valence-electron chi connectivity index (χ3n) is 2.14. The lowest BCUT2D eigenvalue weighted by atomic mass is 10.1. The third kappa shape index (κ3) is 2.59. The number of methoxy groups -OCH3 is 2. The second-order valence-electron chi connectivity index (χ2n) is 3.07. The topological polar surface area (TPSA) is 61.6 Å². The molecule has 0 spiro atoms. The van der Waals surface area contributed by atoms with Gasteiger partial charge in [-0.15, -0.1) is 0 Å². The Hall–Kier alpha value is -1.85. The van der Waals surface area contributed by atoms with Crippen LogP contribution >= 0.6 is 0 Å². The molecule has 0 N–H and O–H groups in total. The van der Waals surface area contributed by atoms with Crippen molar-refractivity contribution in [1.82, 2.24) is 0 Å². The molecule has 88 valence electrons. The first kappa shape index (κ1) is 12.2. The van der Waals surface area contributed by atoms with Crippen LogP contribution in [-0.2, 0) is 6.42 Å². The molecule has 0 saturated heterocycles. The highest BCUT2D eigenvalue weighted by molar-refractivity contribution is 5.45. The highest BCUT2D eigenvalue weighted by atomic mass is 19.1. The monoisotopic (exact) mass is 229 g/mol. The summed E-state index contributed by atoms with van der Waals surface area (Å²) >= 11 is 0. The molecule has 0 radical (unpaired) electrons. The minimum Gasteiger partial charge on any atom is -0.496 e. The van der Waals surface area contributed by atoms with E-state index in [1.807, 2.05) is 0 Å². The normalized spacial score (nSPS) is 9.94. The van der Waals surface area contributed by atoms with Crippen LogP contribution in [0.3, 0.4) is 0 Å². The molecule has 1 aromatic carbocycles. The lowest BCUT2D eigenvalue weighted by Gasteiger charge is -2.12. The average Bonchev–Trinajstić information content (AvgIpc) is 2.26. The van der Waals surface area contributed by atoms with Crippen LogP contribution in [0.25, 0.3) is 0 Å². The Bertz CT molecular complexity index is 395. The Morgan fingerprint density at radius 2 is 2.06 bits per heavy atom. The molecule has 0 saturated carbocycles. The summed E-state index contributed by atoms with van der Waals surface area (Å²) in [5.41, 5.74) is 0.377. The number of hydrogen-bond donors (Lipinski definition) is 0. The van der Waals surface area contributed by atoms with E-state index >= 15 is 0 Å². The molecule has 0 heterocycles. The van der Waals surface area contributed by atoms with E-state index in [0.29, 0.717) is 11.3 Å². The molecule has 0 aliphatic rings. The van der Waals surface area contributed by atoms with Crippen LogP contribution in [0.2, 0.25) is 0 Å². The fraction of sp³-hybridized carbons (Fsp3) is 0.400. The van der Waals surface area contributed by atoms with E-state index in [0.717, 1.165) is 0 Å². The number of nitrogens with zero attached hydrogens (tertiary/aromatic N) is 1. The van der Waals surface area contributed by atoms with E-state index in [1.165, 1.54) is 26.4 Å². The van der Waals surface area contributed by atoms with Crippen molar-refractivity contribution in [2.45, 2.75) is 6.42 Å². The number of nitro groups is 1. The molecule has 16 heavy (non-hydrogen) atoms. The van der Waals surface area contributed by atoms with Gasteiger partial charge < -0.3 is 9.47 Å². The zero-order valence-electron chi connectivity index (χ0n) is 9.03. The van der Waals surface area contributed by atoms with Crippen LogP contribution in [0, 0.1) is 15.9 Å². The van der Waals surface area contributed by atoms with E-state index in [-0.39, 0.29) is 18.7 Å². The molecule has 0 bridgehead atoms. The van der Waals surface area contributed by atoms with Gasteiger partial charge in [-0.25, -0.2) is 4.39 Å². The first-order valence-electron chi connectivity index (χ1n) is 4.61. The molecular formula is C10H12FNO4. The van der Waals surface area contributed by atoms with E-state index in [2.05, 4.69) is 0 Å². The Kier molecular flexibility index (Phi) is 4.04. The molecule has 0 amide bonds. The number of benzene rings is 1. The van der Waals surface area contributed by atoms with Crippen molar-refractivity contribution in [2.75, 3.05) is 20.8 Å². The van der Waals surface area contributed by atoms with Crippen molar-refractivity contribution in [2.24, 2.45) is 0 Å². The highest BCUT2D eigenvalue weighted by Gasteiger charge is 2.16. The highest BCUT2D eigenvalue weighted by Crippen LogP contribution is 2.31. The van der Waals surface area contributed by atoms with Crippen molar-refractivity contribution in [1.29, 1.82) is 0 Å². The Morgan fingerprint density at radius 1 is 1.38 bits per heavy atom. The second kappa shape index (κ2) is 5.29. The second-order valence-corrected chi connectivity index (χ2v) is 3.07.